The van der Waals surface area contributed by atoms with Crippen molar-refractivity contribution in [1.82, 2.24) is 19.9 Å². The van der Waals surface area contributed by atoms with Crippen molar-refractivity contribution < 1.29 is 18.7 Å². The van der Waals surface area contributed by atoms with Crippen LogP contribution >= 0.6 is 0 Å². The van der Waals surface area contributed by atoms with Crippen LogP contribution in [0.2, 0.25) is 0 Å². The molecule has 29 heavy (non-hydrogen) atoms. The number of hydrogen-bond donors (Lipinski definition) is 3. The van der Waals surface area contributed by atoms with Gasteiger partial charge in [-0.2, -0.15) is 9.61 Å². The number of anilines is 3. The Balaban J connectivity index is 1.51. The number of nitrogens with one attached hydrogen (secondary N) is 3. The van der Waals surface area contributed by atoms with Crippen molar-refractivity contribution in [1.29, 1.82) is 0 Å². The van der Waals surface area contributed by atoms with Crippen molar-refractivity contribution in [2.75, 3.05) is 30.9 Å². The zero-order valence-corrected chi connectivity index (χ0v) is 15.6. The topological polar surface area (TPSA) is 102 Å². The average molecular weight is 398 g/mol. The maximum atomic E-state index is 13.2. The largest absolute Gasteiger partial charge is 0.486 e. The molecular formula is C19H19FN6O3. The molecule has 2 aromatic heterocycles. The highest BCUT2D eigenvalue weighted by Gasteiger charge is 2.39. The second-order valence-electron chi connectivity index (χ2n) is 6.86. The van der Waals surface area contributed by atoms with Gasteiger partial charge in [-0.05, 0) is 12.1 Å². The molecule has 1 fully saturated rings. The third-order valence-electron chi connectivity index (χ3n) is 4.83. The van der Waals surface area contributed by atoms with Gasteiger partial charge in [-0.15, -0.1) is 0 Å². The molecule has 2 aliphatic rings. The number of nitrogens with zero attached hydrogens (tertiary/aromatic N) is 3. The van der Waals surface area contributed by atoms with Gasteiger partial charge in [0.15, 0.2) is 17.1 Å². The van der Waals surface area contributed by atoms with Crippen molar-refractivity contribution in [3.05, 3.63) is 36.0 Å². The van der Waals surface area contributed by atoms with Crippen LogP contribution in [-0.4, -0.2) is 53.0 Å². The second kappa shape index (κ2) is 6.80. The Kier molecular flexibility index (Phi) is 4.11. The summed E-state index contributed by atoms with van der Waals surface area (Å²) >= 11 is 0. The van der Waals surface area contributed by atoms with E-state index in [9.17, 15) is 9.18 Å². The first kappa shape index (κ1) is 17.5. The van der Waals surface area contributed by atoms with Gasteiger partial charge in [-0.3, -0.25) is 4.79 Å². The molecule has 3 N–H and O–H groups in total. The number of carbonyl (C=O) groups excluding carboxylic acids is 1. The molecule has 0 spiro atoms. The van der Waals surface area contributed by atoms with Crippen LogP contribution < -0.4 is 25.4 Å². The maximum Gasteiger partial charge on any atom is 0.257 e. The van der Waals surface area contributed by atoms with Gasteiger partial charge in [-0.25, -0.2) is 9.37 Å². The van der Waals surface area contributed by atoms with Crippen LogP contribution in [0.15, 0.2) is 30.5 Å². The summed E-state index contributed by atoms with van der Waals surface area (Å²) < 4.78 is 26.0. The first-order valence-electron chi connectivity index (χ1n) is 9.31. The van der Waals surface area contributed by atoms with E-state index < -0.39 is 18.1 Å². The van der Waals surface area contributed by atoms with Gasteiger partial charge in [0, 0.05) is 19.5 Å². The lowest BCUT2D eigenvalue weighted by Crippen LogP contribution is -2.27. The number of hydrogen-bond acceptors (Lipinski definition) is 7. The van der Waals surface area contributed by atoms with Crippen molar-refractivity contribution >= 4 is 28.9 Å². The van der Waals surface area contributed by atoms with E-state index in [1.54, 1.807) is 13.1 Å². The maximum absolute atomic E-state index is 13.2. The Hall–Kier alpha value is -3.56. The molecule has 0 radical (unpaired) electrons. The van der Waals surface area contributed by atoms with Crippen LogP contribution in [-0.2, 0) is 0 Å². The standard InChI is InChI=1S/C19H19FN6O3/c1-21-16-8-15(23-12-3-2-4-14-17(12)29-6-5-28-14)25-18-10(9-22-26(16)18)19(27)24-13-7-11(13)20/h2-4,8-9,11,13,21H,5-7H2,1H3,(H,23,25)(H,24,27)/t11-,13?/m0/s1. The van der Waals surface area contributed by atoms with Gasteiger partial charge in [0.05, 0.1) is 17.9 Å². The number of alkyl halides is 1. The number of para-hydroxylation sites is 1. The van der Waals surface area contributed by atoms with Gasteiger partial charge in [0.1, 0.15) is 36.6 Å². The molecule has 9 nitrogen and oxygen atoms in total. The van der Waals surface area contributed by atoms with Gasteiger partial charge in [-0.1, -0.05) is 6.07 Å². The predicted octanol–water partition coefficient (Wildman–Crippen LogP) is 2.13. The number of benzene rings is 1. The van der Waals surface area contributed by atoms with Crippen LogP contribution in [0.25, 0.3) is 5.65 Å². The summed E-state index contributed by atoms with van der Waals surface area (Å²) in [7, 11) is 1.75. The van der Waals surface area contributed by atoms with E-state index in [1.165, 1.54) is 10.7 Å². The van der Waals surface area contributed by atoms with Gasteiger partial charge in [0.2, 0.25) is 0 Å². The summed E-state index contributed by atoms with van der Waals surface area (Å²) in [6, 6.07) is 6.88. The summed E-state index contributed by atoms with van der Waals surface area (Å²) in [5, 5.41) is 13.2. The minimum Gasteiger partial charge on any atom is -0.486 e. The van der Waals surface area contributed by atoms with Gasteiger partial charge < -0.3 is 25.4 Å². The van der Waals surface area contributed by atoms with Gasteiger partial charge >= 0.3 is 0 Å². The van der Waals surface area contributed by atoms with E-state index in [-0.39, 0.29) is 5.56 Å². The molecule has 10 heteroatoms. The normalized spacial score (nSPS) is 19.7. The summed E-state index contributed by atoms with van der Waals surface area (Å²) in [5.41, 5.74) is 1.33. The number of aromatic nitrogens is 3. The van der Waals surface area contributed by atoms with Crippen LogP contribution in [0.5, 0.6) is 11.5 Å². The molecule has 5 rings (SSSR count). The van der Waals surface area contributed by atoms with Crippen molar-refractivity contribution in [2.24, 2.45) is 0 Å². The quantitative estimate of drug-likeness (QED) is 0.605. The van der Waals surface area contributed by atoms with Crippen molar-refractivity contribution in [2.45, 2.75) is 18.6 Å². The predicted molar refractivity (Wildman–Crippen MR) is 104 cm³/mol. The number of amides is 1. The Morgan fingerprint density at radius 3 is 2.93 bits per heavy atom. The lowest BCUT2D eigenvalue weighted by atomic mass is 10.2. The molecule has 1 aliphatic carbocycles. The summed E-state index contributed by atoms with van der Waals surface area (Å²) in [5.74, 6) is 2.00. The summed E-state index contributed by atoms with van der Waals surface area (Å²) in [6.07, 6.45) is 0.790. The molecule has 1 aliphatic heterocycles. The fraction of sp³-hybridized carbons (Fsp3) is 0.316. The highest BCUT2D eigenvalue weighted by Crippen LogP contribution is 2.38. The molecule has 1 amide bonds. The molecular weight excluding hydrogens is 379 g/mol. The Morgan fingerprint density at radius 1 is 1.31 bits per heavy atom. The third kappa shape index (κ3) is 3.16. The lowest BCUT2D eigenvalue weighted by Gasteiger charge is -2.21. The smallest absolute Gasteiger partial charge is 0.257 e. The summed E-state index contributed by atoms with van der Waals surface area (Å²) in [6.45, 7) is 0.961. The van der Waals surface area contributed by atoms with Crippen LogP contribution in [0.1, 0.15) is 16.8 Å². The highest BCUT2D eigenvalue weighted by molar-refractivity contribution is 6.00. The van der Waals surface area contributed by atoms with Crippen LogP contribution in [0, 0.1) is 0 Å². The van der Waals surface area contributed by atoms with E-state index in [1.807, 2.05) is 18.2 Å². The Morgan fingerprint density at radius 2 is 2.14 bits per heavy atom. The van der Waals surface area contributed by atoms with Crippen molar-refractivity contribution in [3.63, 3.8) is 0 Å². The summed E-state index contributed by atoms with van der Waals surface area (Å²) in [4.78, 5) is 17.1. The average Bonchev–Trinajstić information content (AvgIpc) is 3.25. The van der Waals surface area contributed by atoms with E-state index in [0.29, 0.717) is 54.1 Å². The minimum absolute atomic E-state index is 0.277. The number of halogens is 1. The van der Waals surface area contributed by atoms with Crippen molar-refractivity contribution in [3.8, 4) is 11.5 Å². The lowest BCUT2D eigenvalue weighted by molar-refractivity contribution is 0.0949. The monoisotopic (exact) mass is 398 g/mol. The molecule has 2 atom stereocenters. The van der Waals surface area contributed by atoms with E-state index in [2.05, 4.69) is 26.0 Å². The molecule has 3 aromatic rings. The fourth-order valence-corrected chi connectivity index (χ4v) is 3.23. The molecule has 150 valence electrons. The molecule has 1 unspecified atom stereocenters. The molecule has 1 aromatic carbocycles. The second-order valence-corrected chi connectivity index (χ2v) is 6.86. The SMILES string of the molecule is CNc1cc(Nc2cccc3c2OCCO3)nc2c(C(=O)NC3C[C@@H]3F)cnn12. The molecule has 1 saturated carbocycles. The van der Waals surface area contributed by atoms with E-state index in [4.69, 9.17) is 9.47 Å². The number of fused-ring (bicyclic) bond motifs is 2. The molecule has 0 bridgehead atoms. The molecule has 0 saturated heterocycles. The molecule has 3 heterocycles. The van der Waals surface area contributed by atoms with Crippen LogP contribution in [0.4, 0.5) is 21.7 Å². The number of carbonyl (C=O) groups is 1. The minimum atomic E-state index is -0.981. The number of rotatable bonds is 5. The first-order chi connectivity index (χ1) is 14.1. The number of ether oxygens (including phenoxy) is 2. The van der Waals surface area contributed by atoms with Crippen LogP contribution in [0.3, 0.4) is 0 Å². The van der Waals surface area contributed by atoms with E-state index in [0.717, 1.165) is 0 Å². The Bertz CT molecular complexity index is 1100. The Labute approximate surface area is 165 Å². The van der Waals surface area contributed by atoms with E-state index >= 15 is 0 Å². The third-order valence-corrected chi connectivity index (χ3v) is 4.83. The fourth-order valence-electron chi connectivity index (χ4n) is 3.23. The zero-order chi connectivity index (χ0) is 20.0. The first-order valence-corrected chi connectivity index (χ1v) is 9.31. The van der Waals surface area contributed by atoms with Gasteiger partial charge in [0.25, 0.3) is 5.91 Å². The zero-order valence-electron chi connectivity index (χ0n) is 15.6. The highest BCUT2D eigenvalue weighted by atomic mass is 19.1.